The molecule has 1 aliphatic carbocycles. The Morgan fingerprint density at radius 3 is 2.77 bits per heavy atom. The fourth-order valence-corrected chi connectivity index (χ4v) is 3.66. The second kappa shape index (κ2) is 7.40. The zero-order chi connectivity index (χ0) is 17.9. The van der Waals surface area contributed by atoms with Crippen LogP contribution in [0.15, 0.2) is 42.6 Å². The molecule has 6 heteroatoms. The lowest BCUT2D eigenvalue weighted by molar-refractivity contribution is 0.215. The minimum absolute atomic E-state index is 0.0549. The molecule has 26 heavy (non-hydrogen) atoms. The summed E-state index contributed by atoms with van der Waals surface area (Å²) in [7, 11) is 1.88. The largest absolute Gasteiger partial charge is 0.371 e. The number of carbonyl (C=O) groups excluding carboxylic acids is 1. The van der Waals surface area contributed by atoms with E-state index in [1.807, 2.05) is 23.9 Å². The molecule has 1 saturated carbocycles. The molecule has 2 fully saturated rings. The number of para-hydroxylation sites is 1. The normalized spacial score (nSPS) is 19.6. The molecule has 0 bridgehead atoms. The summed E-state index contributed by atoms with van der Waals surface area (Å²) in [4.78, 5) is 16.8. The van der Waals surface area contributed by atoms with E-state index in [9.17, 15) is 4.79 Å². The predicted octanol–water partition coefficient (Wildman–Crippen LogP) is 3.28. The quantitative estimate of drug-likeness (QED) is 0.867. The smallest absolute Gasteiger partial charge is 0.322 e. The average molecular weight is 353 g/mol. The summed E-state index contributed by atoms with van der Waals surface area (Å²) in [6.45, 7) is 3.73. The van der Waals surface area contributed by atoms with Gasteiger partial charge in [-0.1, -0.05) is 18.2 Å². The highest BCUT2D eigenvalue weighted by Gasteiger charge is 2.26. The van der Waals surface area contributed by atoms with Crippen LogP contribution in [0.2, 0.25) is 0 Å². The van der Waals surface area contributed by atoms with Crippen LogP contribution in [0.5, 0.6) is 0 Å². The lowest BCUT2D eigenvalue weighted by atomic mass is 10.1. The monoisotopic (exact) mass is 353 g/mol. The van der Waals surface area contributed by atoms with Gasteiger partial charge in [-0.05, 0) is 43.2 Å². The summed E-state index contributed by atoms with van der Waals surface area (Å²) in [6, 6.07) is 12.3. The molecule has 4 rings (SSSR count). The molecule has 1 aliphatic heterocycles. The van der Waals surface area contributed by atoms with Crippen LogP contribution >= 0.6 is 0 Å². The molecule has 0 spiro atoms. The van der Waals surface area contributed by atoms with Gasteiger partial charge >= 0.3 is 6.03 Å². The molecule has 1 aromatic heterocycles. The molecule has 0 radical (unpaired) electrons. The molecule has 1 saturated heterocycles. The van der Waals surface area contributed by atoms with Crippen LogP contribution in [0.25, 0.3) is 0 Å². The van der Waals surface area contributed by atoms with Crippen molar-refractivity contribution in [1.29, 1.82) is 0 Å². The number of hydrogen-bond acceptors (Lipinski definition) is 3. The van der Waals surface area contributed by atoms with Gasteiger partial charge in [-0.25, -0.2) is 9.48 Å². The summed E-state index contributed by atoms with van der Waals surface area (Å²) in [5, 5.41) is 7.35. The van der Waals surface area contributed by atoms with Gasteiger partial charge in [0.05, 0.1) is 6.20 Å². The number of urea groups is 1. The molecule has 2 heterocycles. The summed E-state index contributed by atoms with van der Waals surface area (Å²) in [5.41, 5.74) is 1.27. The first-order chi connectivity index (χ1) is 12.7. The molecule has 1 N–H and O–H groups in total. The van der Waals surface area contributed by atoms with Gasteiger partial charge < -0.3 is 9.80 Å². The third kappa shape index (κ3) is 4.00. The lowest BCUT2D eigenvalue weighted by Crippen LogP contribution is -2.36. The fraction of sp³-hybridized carbons (Fsp3) is 0.500. The maximum absolute atomic E-state index is 12.6. The fourth-order valence-electron chi connectivity index (χ4n) is 3.66. The zero-order valence-corrected chi connectivity index (χ0v) is 15.3. The molecule has 138 valence electrons. The Kier molecular flexibility index (Phi) is 4.82. The highest BCUT2D eigenvalue weighted by Crippen LogP contribution is 2.31. The van der Waals surface area contributed by atoms with Crippen molar-refractivity contribution in [3.8, 4) is 0 Å². The van der Waals surface area contributed by atoms with Gasteiger partial charge in [0.25, 0.3) is 0 Å². The minimum atomic E-state index is -0.0549. The summed E-state index contributed by atoms with van der Waals surface area (Å²) in [5.74, 6) is 2.03. The van der Waals surface area contributed by atoms with E-state index >= 15 is 0 Å². The lowest BCUT2D eigenvalue weighted by Gasteiger charge is -2.23. The topological polar surface area (TPSA) is 53.4 Å². The first-order valence-corrected chi connectivity index (χ1v) is 9.53. The van der Waals surface area contributed by atoms with Crippen LogP contribution in [-0.2, 0) is 6.54 Å². The van der Waals surface area contributed by atoms with Crippen LogP contribution < -0.4 is 10.2 Å². The van der Waals surface area contributed by atoms with E-state index in [2.05, 4.69) is 39.6 Å². The average Bonchev–Trinajstić information content (AvgIpc) is 3.17. The van der Waals surface area contributed by atoms with Crippen LogP contribution in [0.3, 0.4) is 0 Å². The number of nitrogens with zero attached hydrogens (tertiary/aromatic N) is 4. The molecular formula is C20H27N5O. The third-order valence-electron chi connectivity index (χ3n) is 5.37. The van der Waals surface area contributed by atoms with Crippen molar-refractivity contribution in [1.82, 2.24) is 14.7 Å². The third-order valence-corrected chi connectivity index (χ3v) is 5.37. The molecule has 2 aromatic rings. The summed E-state index contributed by atoms with van der Waals surface area (Å²) in [6.07, 6.45) is 5.41. The van der Waals surface area contributed by atoms with Gasteiger partial charge in [0.2, 0.25) is 0 Å². The predicted molar refractivity (Wildman–Crippen MR) is 103 cm³/mol. The van der Waals surface area contributed by atoms with E-state index in [-0.39, 0.29) is 6.03 Å². The molecule has 1 unspecified atom stereocenters. The van der Waals surface area contributed by atoms with E-state index in [4.69, 9.17) is 0 Å². The van der Waals surface area contributed by atoms with Gasteiger partial charge in [-0.15, -0.1) is 0 Å². The van der Waals surface area contributed by atoms with Gasteiger partial charge in [0, 0.05) is 45.0 Å². The standard InChI is InChI=1S/C20H27N5O/c1-23(13-17-10-12-24(14-17)18-5-3-2-4-6-18)20(26)22-19-9-11-21-25(19)15-16-7-8-16/h2-6,9,11,16-17H,7-8,10,12-15H2,1H3,(H,22,26). The van der Waals surface area contributed by atoms with Gasteiger partial charge in [0.1, 0.15) is 5.82 Å². The maximum atomic E-state index is 12.6. The number of rotatable bonds is 6. The number of carbonyl (C=O) groups is 1. The Hall–Kier alpha value is -2.50. The first kappa shape index (κ1) is 16.9. The van der Waals surface area contributed by atoms with Crippen LogP contribution in [0, 0.1) is 11.8 Å². The highest BCUT2D eigenvalue weighted by molar-refractivity contribution is 5.88. The van der Waals surface area contributed by atoms with Crippen molar-refractivity contribution in [2.45, 2.75) is 25.8 Å². The van der Waals surface area contributed by atoms with Gasteiger partial charge in [-0.2, -0.15) is 5.10 Å². The number of hydrogen-bond donors (Lipinski definition) is 1. The molecule has 1 aromatic carbocycles. The van der Waals surface area contributed by atoms with Crippen molar-refractivity contribution in [3.63, 3.8) is 0 Å². The first-order valence-electron chi connectivity index (χ1n) is 9.53. The second-order valence-corrected chi connectivity index (χ2v) is 7.59. The molecular weight excluding hydrogens is 326 g/mol. The van der Waals surface area contributed by atoms with Crippen molar-refractivity contribution in [3.05, 3.63) is 42.6 Å². The number of anilines is 2. The minimum Gasteiger partial charge on any atom is -0.371 e. The Bertz CT molecular complexity index is 740. The zero-order valence-electron chi connectivity index (χ0n) is 15.3. The van der Waals surface area contributed by atoms with Crippen LogP contribution in [0.1, 0.15) is 19.3 Å². The Labute approximate surface area is 154 Å². The summed E-state index contributed by atoms with van der Waals surface area (Å²) < 4.78 is 1.91. The highest BCUT2D eigenvalue weighted by atomic mass is 16.2. The molecule has 2 aliphatic rings. The van der Waals surface area contributed by atoms with Crippen molar-refractivity contribution >= 4 is 17.5 Å². The Morgan fingerprint density at radius 1 is 1.19 bits per heavy atom. The number of amides is 2. The van der Waals surface area contributed by atoms with E-state index in [0.717, 1.165) is 44.3 Å². The van der Waals surface area contributed by atoms with Gasteiger partial charge in [-0.3, -0.25) is 5.32 Å². The Morgan fingerprint density at radius 2 is 2.00 bits per heavy atom. The van der Waals surface area contributed by atoms with E-state index in [0.29, 0.717) is 5.92 Å². The van der Waals surface area contributed by atoms with E-state index in [1.165, 1.54) is 18.5 Å². The van der Waals surface area contributed by atoms with E-state index < -0.39 is 0 Å². The number of nitrogens with one attached hydrogen (secondary N) is 1. The second-order valence-electron chi connectivity index (χ2n) is 7.59. The van der Waals surface area contributed by atoms with Crippen molar-refractivity contribution in [2.75, 3.05) is 36.9 Å². The SMILES string of the molecule is CN(CC1CCN(c2ccccc2)C1)C(=O)Nc1ccnn1CC1CC1. The van der Waals surface area contributed by atoms with Crippen molar-refractivity contribution < 1.29 is 4.79 Å². The van der Waals surface area contributed by atoms with Crippen LogP contribution in [0.4, 0.5) is 16.3 Å². The molecule has 6 nitrogen and oxygen atoms in total. The maximum Gasteiger partial charge on any atom is 0.322 e. The molecule has 2 amide bonds. The summed E-state index contributed by atoms with van der Waals surface area (Å²) >= 11 is 0. The number of benzene rings is 1. The van der Waals surface area contributed by atoms with E-state index in [1.54, 1.807) is 11.1 Å². The van der Waals surface area contributed by atoms with Gasteiger partial charge in [0.15, 0.2) is 0 Å². The van der Waals surface area contributed by atoms with Crippen molar-refractivity contribution in [2.24, 2.45) is 11.8 Å². The Balaban J connectivity index is 1.29. The molecule has 1 atom stereocenters. The van der Waals surface area contributed by atoms with Crippen LogP contribution in [-0.4, -0.2) is 47.4 Å². The number of aromatic nitrogens is 2.